The highest BCUT2D eigenvalue weighted by molar-refractivity contribution is 14.1. The lowest BCUT2D eigenvalue weighted by molar-refractivity contribution is -0.153. The SMILES string of the molecule is Cc1c(I)cc(CNCC(=O)OC(C)(C)C)c(C)c1C(=O)O. The zero-order chi connectivity index (χ0) is 17.1. The molecule has 0 unspecified atom stereocenters. The Morgan fingerprint density at radius 2 is 1.86 bits per heavy atom. The second-order valence-corrected chi connectivity index (χ2v) is 7.30. The van der Waals surface area contributed by atoms with E-state index in [-0.39, 0.29) is 12.5 Å². The van der Waals surface area contributed by atoms with Gasteiger partial charge in [0.25, 0.3) is 0 Å². The molecule has 0 aromatic heterocycles. The van der Waals surface area contributed by atoms with Crippen LogP contribution in [0.3, 0.4) is 0 Å². The van der Waals surface area contributed by atoms with E-state index in [2.05, 4.69) is 27.9 Å². The van der Waals surface area contributed by atoms with Crippen molar-refractivity contribution in [2.45, 2.75) is 46.8 Å². The van der Waals surface area contributed by atoms with Crippen LogP contribution in [0.2, 0.25) is 0 Å². The number of halogens is 1. The molecule has 5 nitrogen and oxygen atoms in total. The first-order valence-electron chi connectivity index (χ1n) is 6.97. The Morgan fingerprint density at radius 3 is 2.36 bits per heavy atom. The quantitative estimate of drug-likeness (QED) is 0.567. The average molecular weight is 419 g/mol. The molecule has 0 fully saturated rings. The molecule has 6 heteroatoms. The molecule has 0 amide bonds. The first-order valence-corrected chi connectivity index (χ1v) is 8.05. The third-order valence-corrected chi connectivity index (χ3v) is 4.23. The maximum Gasteiger partial charge on any atom is 0.336 e. The van der Waals surface area contributed by atoms with Crippen LogP contribution in [0.4, 0.5) is 0 Å². The molecule has 0 saturated carbocycles. The Labute approximate surface area is 144 Å². The summed E-state index contributed by atoms with van der Waals surface area (Å²) in [6, 6.07) is 1.94. The van der Waals surface area contributed by atoms with Crippen molar-refractivity contribution in [1.29, 1.82) is 0 Å². The number of carboxylic acid groups (broad SMARTS) is 1. The molecule has 0 radical (unpaired) electrons. The van der Waals surface area contributed by atoms with E-state index in [1.54, 1.807) is 13.8 Å². The lowest BCUT2D eigenvalue weighted by Gasteiger charge is -2.20. The fourth-order valence-electron chi connectivity index (χ4n) is 2.11. The maximum atomic E-state index is 11.6. The summed E-state index contributed by atoms with van der Waals surface area (Å²) in [7, 11) is 0. The highest BCUT2D eigenvalue weighted by Crippen LogP contribution is 2.24. The van der Waals surface area contributed by atoms with Crippen molar-refractivity contribution < 1.29 is 19.4 Å². The molecule has 0 spiro atoms. The third-order valence-electron chi connectivity index (χ3n) is 3.11. The van der Waals surface area contributed by atoms with Crippen molar-refractivity contribution in [2.75, 3.05) is 6.54 Å². The summed E-state index contributed by atoms with van der Waals surface area (Å²) >= 11 is 2.13. The fourth-order valence-corrected chi connectivity index (χ4v) is 2.76. The van der Waals surface area contributed by atoms with E-state index in [1.165, 1.54) is 0 Å². The Morgan fingerprint density at radius 1 is 1.27 bits per heavy atom. The molecule has 0 heterocycles. The maximum absolute atomic E-state index is 11.6. The molecule has 0 aliphatic carbocycles. The zero-order valence-corrected chi connectivity index (χ0v) is 15.7. The van der Waals surface area contributed by atoms with Gasteiger partial charge in [-0.25, -0.2) is 4.79 Å². The minimum absolute atomic E-state index is 0.0869. The van der Waals surface area contributed by atoms with Gasteiger partial charge in [-0.2, -0.15) is 0 Å². The number of esters is 1. The van der Waals surface area contributed by atoms with Gasteiger partial charge in [0, 0.05) is 10.1 Å². The second kappa shape index (κ2) is 7.41. The van der Waals surface area contributed by atoms with Gasteiger partial charge >= 0.3 is 11.9 Å². The van der Waals surface area contributed by atoms with Crippen LogP contribution in [-0.2, 0) is 16.1 Å². The highest BCUT2D eigenvalue weighted by Gasteiger charge is 2.18. The number of rotatable bonds is 5. The molecule has 2 N–H and O–H groups in total. The van der Waals surface area contributed by atoms with Crippen molar-refractivity contribution >= 4 is 34.5 Å². The van der Waals surface area contributed by atoms with E-state index in [9.17, 15) is 14.7 Å². The molecule has 0 aliphatic heterocycles. The molecule has 0 bridgehead atoms. The fraction of sp³-hybridized carbons (Fsp3) is 0.500. The Balaban J connectivity index is 2.79. The van der Waals surface area contributed by atoms with Gasteiger partial charge in [-0.05, 0) is 80.0 Å². The van der Waals surface area contributed by atoms with Gasteiger partial charge in [-0.15, -0.1) is 0 Å². The summed E-state index contributed by atoms with van der Waals surface area (Å²) in [6.07, 6.45) is 0. The lowest BCUT2D eigenvalue weighted by Crippen LogP contribution is -2.31. The largest absolute Gasteiger partial charge is 0.478 e. The summed E-state index contributed by atoms with van der Waals surface area (Å²) in [5.41, 5.74) is 2.19. The zero-order valence-electron chi connectivity index (χ0n) is 13.5. The van der Waals surface area contributed by atoms with Crippen LogP contribution in [0, 0.1) is 17.4 Å². The van der Waals surface area contributed by atoms with Crippen molar-refractivity contribution in [1.82, 2.24) is 5.32 Å². The van der Waals surface area contributed by atoms with Crippen molar-refractivity contribution in [3.05, 3.63) is 31.9 Å². The minimum Gasteiger partial charge on any atom is -0.478 e. The van der Waals surface area contributed by atoms with E-state index in [0.717, 1.165) is 20.3 Å². The van der Waals surface area contributed by atoms with Crippen LogP contribution in [0.5, 0.6) is 0 Å². The third kappa shape index (κ3) is 5.24. The van der Waals surface area contributed by atoms with Gasteiger partial charge in [0.15, 0.2) is 0 Å². The van der Waals surface area contributed by atoms with Crippen LogP contribution in [-0.4, -0.2) is 29.2 Å². The first-order chi connectivity index (χ1) is 10.0. The topological polar surface area (TPSA) is 75.6 Å². The Kier molecular flexibility index (Phi) is 6.37. The van der Waals surface area contributed by atoms with Gasteiger partial charge in [0.05, 0.1) is 12.1 Å². The molecule has 1 aromatic rings. The van der Waals surface area contributed by atoms with Crippen LogP contribution in [0.25, 0.3) is 0 Å². The van der Waals surface area contributed by atoms with Crippen molar-refractivity contribution in [2.24, 2.45) is 0 Å². The van der Waals surface area contributed by atoms with Gasteiger partial charge in [-0.1, -0.05) is 0 Å². The minimum atomic E-state index is -0.929. The van der Waals surface area contributed by atoms with E-state index < -0.39 is 11.6 Å². The normalized spacial score (nSPS) is 11.4. The number of carbonyl (C=O) groups is 2. The number of carboxylic acids is 1. The molecule has 1 rings (SSSR count). The smallest absolute Gasteiger partial charge is 0.336 e. The van der Waals surface area contributed by atoms with Crippen LogP contribution < -0.4 is 5.32 Å². The molecule has 0 atom stereocenters. The summed E-state index contributed by atoms with van der Waals surface area (Å²) in [5.74, 6) is -1.26. The van der Waals surface area contributed by atoms with E-state index in [1.807, 2.05) is 26.8 Å². The molecule has 0 saturated heterocycles. The summed E-state index contributed by atoms with van der Waals surface area (Å²) in [5, 5.41) is 12.3. The Hall–Kier alpha value is -1.15. The number of carbonyl (C=O) groups excluding carboxylic acids is 1. The number of benzene rings is 1. The summed E-state index contributed by atoms with van der Waals surface area (Å²) in [6.45, 7) is 9.54. The monoisotopic (exact) mass is 419 g/mol. The van der Waals surface area contributed by atoms with Gasteiger partial charge in [0.2, 0.25) is 0 Å². The number of hydrogen-bond acceptors (Lipinski definition) is 4. The van der Waals surface area contributed by atoms with E-state index in [0.29, 0.717) is 12.1 Å². The molecular weight excluding hydrogens is 397 g/mol. The first kappa shape index (κ1) is 18.9. The second-order valence-electron chi connectivity index (χ2n) is 6.14. The number of aromatic carboxylic acids is 1. The standard InChI is InChI=1S/C16H22INO4/c1-9-11(6-12(17)10(2)14(9)15(20)21)7-18-8-13(19)22-16(3,4)5/h6,18H,7-8H2,1-5H3,(H,20,21). The van der Waals surface area contributed by atoms with E-state index >= 15 is 0 Å². The lowest BCUT2D eigenvalue weighted by atomic mass is 9.97. The van der Waals surface area contributed by atoms with E-state index in [4.69, 9.17) is 4.74 Å². The Bertz CT molecular complexity index is 591. The number of ether oxygens (including phenoxy) is 1. The van der Waals surface area contributed by atoms with Crippen LogP contribution in [0.15, 0.2) is 6.07 Å². The predicted molar refractivity (Wildman–Crippen MR) is 93.1 cm³/mol. The number of hydrogen-bond donors (Lipinski definition) is 2. The molecule has 122 valence electrons. The van der Waals surface area contributed by atoms with Crippen LogP contribution >= 0.6 is 22.6 Å². The molecule has 0 aliphatic rings. The summed E-state index contributed by atoms with van der Waals surface area (Å²) in [4.78, 5) is 23.0. The molecule has 22 heavy (non-hydrogen) atoms. The van der Waals surface area contributed by atoms with Gasteiger partial charge in [0.1, 0.15) is 5.60 Å². The van der Waals surface area contributed by atoms with Gasteiger partial charge in [-0.3, -0.25) is 4.79 Å². The summed E-state index contributed by atoms with van der Waals surface area (Å²) < 4.78 is 6.11. The predicted octanol–water partition coefficient (Wildman–Crippen LogP) is 3.04. The molecular formula is C16H22INO4. The van der Waals surface area contributed by atoms with Gasteiger partial charge < -0.3 is 15.2 Å². The highest BCUT2D eigenvalue weighted by atomic mass is 127. The van der Waals surface area contributed by atoms with Crippen molar-refractivity contribution in [3.63, 3.8) is 0 Å². The average Bonchev–Trinajstić information content (AvgIpc) is 2.33. The van der Waals surface area contributed by atoms with Crippen molar-refractivity contribution in [3.8, 4) is 0 Å². The molecule has 1 aromatic carbocycles. The number of nitrogens with one attached hydrogen (secondary N) is 1. The van der Waals surface area contributed by atoms with Crippen LogP contribution in [0.1, 0.15) is 47.8 Å².